The minimum atomic E-state index is -4.80. The molecule has 5 aromatic rings. The maximum atomic E-state index is 13.3. The van der Waals surface area contributed by atoms with E-state index in [4.69, 9.17) is 46.2 Å². The lowest BCUT2D eigenvalue weighted by Gasteiger charge is -2.20. The van der Waals surface area contributed by atoms with Gasteiger partial charge in [-0.05, 0) is 110 Å². The molecule has 85 heavy (non-hydrogen) atoms. The number of hydrogen-bond donors (Lipinski definition) is 8. The number of ketones is 1. The van der Waals surface area contributed by atoms with Gasteiger partial charge in [0.15, 0.2) is 22.4 Å². The van der Waals surface area contributed by atoms with Crippen LogP contribution < -0.4 is 31.8 Å². The van der Waals surface area contributed by atoms with Crippen LogP contribution in [0.4, 0.5) is 5.69 Å². The molecule has 7 rings (SSSR count). The Bertz CT molecular complexity index is 3600. The van der Waals surface area contributed by atoms with Gasteiger partial charge >= 0.3 is 31.7 Å². The number of aromatic hydroxyl groups is 1. The molecule has 0 radical (unpaired) electrons. The molecule has 0 saturated carbocycles. The molecule has 0 bridgehead atoms. The summed E-state index contributed by atoms with van der Waals surface area (Å²) in [5.74, 6) is -3.91. The molecule has 1 aromatic heterocycles. The normalized spacial score (nSPS) is 12.6. The highest BCUT2D eigenvalue weighted by Crippen LogP contribution is 2.44. The standard InChI is InChI=1S/C58H62N7O18PS/c1-2-3-5-9-52(69)82-43(33-80-84(76,77)81-34-48(59)57(74)75)32-79-51(68)8-6-4-7-24-60-55(71)37-12-10-35(11-13-37)54(70)36-14-19-42(20-15-36)78-31-39-30-65(64-63-39)26-25-61-58(85)62-38-16-21-44(47(27-38)56(72)73)53-45-22-17-40(66)28-49(45)83-50-29-41(67)18-23-46(50)53/h10-23,27-30,43,48,66H,2-9,24-26,31-34,59H2,1H3,(H,60,71)(H,72,73)(H,74,75)(H,76,77)(H2,61,62,85)/t43-,48-/m0/s1. The van der Waals surface area contributed by atoms with E-state index < -0.39 is 63.7 Å². The fourth-order valence-electron chi connectivity index (χ4n) is 8.41. The molecule has 4 aromatic carbocycles. The van der Waals surface area contributed by atoms with E-state index in [0.29, 0.717) is 101 Å². The van der Waals surface area contributed by atoms with Crippen LogP contribution in [0.15, 0.2) is 119 Å². The molecule has 0 fully saturated rings. The number of aromatic nitrogens is 3. The number of rotatable bonds is 32. The number of phenolic OH excluding ortho intramolecular Hbond substituents is 1. The molecule has 25 nitrogen and oxygen atoms in total. The fraction of sp³-hybridized carbons (Fsp3) is 0.310. The molecular formula is C58H62N7O18PS. The molecule has 1 aliphatic carbocycles. The van der Waals surface area contributed by atoms with Crippen LogP contribution in [0.1, 0.15) is 101 Å². The van der Waals surface area contributed by atoms with Gasteiger partial charge < -0.3 is 60.5 Å². The number of phosphoric acid groups is 1. The number of phosphoric ester groups is 1. The Morgan fingerprint density at radius 3 is 2.20 bits per heavy atom. The van der Waals surface area contributed by atoms with Crippen LogP contribution in [0.3, 0.4) is 0 Å². The maximum absolute atomic E-state index is 13.3. The monoisotopic (exact) mass is 1210 g/mol. The number of thiocarbonyl (C=S) groups is 1. The molecule has 1 amide bonds. The van der Waals surface area contributed by atoms with E-state index in [1.165, 1.54) is 30.3 Å². The highest BCUT2D eigenvalue weighted by atomic mass is 32.1. The smallest absolute Gasteiger partial charge is 0.472 e. The lowest BCUT2D eigenvalue weighted by molar-refractivity contribution is -0.161. The molecule has 1 unspecified atom stereocenters. The summed E-state index contributed by atoms with van der Waals surface area (Å²) in [7, 11) is -4.80. The van der Waals surface area contributed by atoms with Gasteiger partial charge in [0.25, 0.3) is 5.91 Å². The van der Waals surface area contributed by atoms with Crippen molar-refractivity contribution in [3.05, 3.63) is 147 Å². The first kappa shape index (κ1) is 63.7. The van der Waals surface area contributed by atoms with Crippen molar-refractivity contribution in [1.29, 1.82) is 0 Å². The molecule has 2 aliphatic rings. The van der Waals surface area contributed by atoms with E-state index in [-0.39, 0.29) is 64.3 Å². The van der Waals surface area contributed by atoms with Crippen molar-refractivity contribution in [3.8, 4) is 33.9 Å². The Balaban J connectivity index is 0.789. The van der Waals surface area contributed by atoms with Gasteiger partial charge in [0, 0.05) is 77.0 Å². The topological polar surface area (TPSA) is 370 Å². The first-order valence-electron chi connectivity index (χ1n) is 26.9. The first-order chi connectivity index (χ1) is 40.7. The Morgan fingerprint density at radius 1 is 0.776 bits per heavy atom. The van der Waals surface area contributed by atoms with Crippen LogP contribution in [0, 0.1) is 0 Å². The van der Waals surface area contributed by atoms with Crippen molar-refractivity contribution >= 4 is 77.4 Å². The third kappa shape index (κ3) is 19.1. The summed E-state index contributed by atoms with van der Waals surface area (Å²) in [6, 6.07) is 24.7. The molecule has 448 valence electrons. The van der Waals surface area contributed by atoms with Gasteiger partial charge in [0.05, 0.1) is 31.5 Å². The number of phenols is 1. The van der Waals surface area contributed by atoms with Gasteiger partial charge in [0.1, 0.15) is 47.8 Å². The number of amides is 1. The van der Waals surface area contributed by atoms with Gasteiger partial charge in [-0.3, -0.25) is 42.5 Å². The third-order valence-electron chi connectivity index (χ3n) is 12.8. The van der Waals surface area contributed by atoms with E-state index in [1.807, 2.05) is 6.92 Å². The Morgan fingerprint density at radius 2 is 1.47 bits per heavy atom. The van der Waals surface area contributed by atoms with Crippen molar-refractivity contribution in [1.82, 2.24) is 25.6 Å². The Labute approximate surface area is 491 Å². The number of aromatic carboxylic acids is 1. The number of unbranched alkanes of at least 4 members (excludes halogenated alkanes) is 4. The number of fused-ring (bicyclic) bond motifs is 2. The number of anilines is 1. The number of aliphatic carboxylic acids is 1. The molecular weight excluding hydrogens is 1150 g/mol. The number of carboxylic acids is 2. The molecule has 3 atom stereocenters. The van der Waals surface area contributed by atoms with Crippen LogP contribution in [0.25, 0.3) is 33.4 Å². The van der Waals surface area contributed by atoms with Gasteiger partial charge in [-0.25, -0.2) is 9.36 Å². The molecule has 0 spiro atoms. The Kier molecular flexibility index (Phi) is 22.9. The number of carbonyl (C=O) groups is 6. The predicted molar refractivity (Wildman–Crippen MR) is 311 cm³/mol. The van der Waals surface area contributed by atoms with E-state index >= 15 is 0 Å². The summed E-state index contributed by atoms with van der Waals surface area (Å²) in [4.78, 5) is 96.6. The second-order valence-electron chi connectivity index (χ2n) is 19.3. The number of hydrogen-bond acceptors (Lipinski definition) is 19. The fourth-order valence-corrected chi connectivity index (χ4v) is 9.41. The molecule has 0 saturated heterocycles. The zero-order valence-electron chi connectivity index (χ0n) is 45.9. The minimum Gasteiger partial charge on any atom is -0.508 e. The van der Waals surface area contributed by atoms with E-state index in [2.05, 4.69) is 30.8 Å². The zero-order chi connectivity index (χ0) is 61.0. The molecule has 9 N–H and O–H groups in total. The second-order valence-corrected chi connectivity index (χ2v) is 21.1. The van der Waals surface area contributed by atoms with Gasteiger partial charge in [-0.1, -0.05) is 49.6 Å². The predicted octanol–water partition coefficient (Wildman–Crippen LogP) is 7.23. The van der Waals surface area contributed by atoms with Crippen LogP contribution in [-0.2, 0) is 50.6 Å². The summed E-state index contributed by atoms with van der Waals surface area (Å²) < 4.78 is 45.6. The van der Waals surface area contributed by atoms with Crippen molar-refractivity contribution in [2.75, 3.05) is 38.2 Å². The highest BCUT2D eigenvalue weighted by molar-refractivity contribution is 7.80. The van der Waals surface area contributed by atoms with E-state index in [1.54, 1.807) is 83.7 Å². The van der Waals surface area contributed by atoms with E-state index in [9.17, 15) is 53.2 Å². The summed E-state index contributed by atoms with van der Waals surface area (Å²) >= 11 is 5.50. The maximum Gasteiger partial charge on any atom is 0.472 e. The lowest BCUT2D eigenvalue weighted by Crippen LogP contribution is -2.34. The van der Waals surface area contributed by atoms with Crippen LogP contribution in [-0.4, -0.2) is 121 Å². The number of benzene rings is 5. The minimum absolute atomic E-state index is 0.00931. The quantitative estimate of drug-likeness (QED) is 0.00514. The highest BCUT2D eigenvalue weighted by Gasteiger charge is 2.29. The summed E-state index contributed by atoms with van der Waals surface area (Å²) in [6.45, 7) is 1.03. The van der Waals surface area contributed by atoms with Crippen molar-refractivity contribution in [2.45, 2.75) is 83.6 Å². The van der Waals surface area contributed by atoms with Crippen LogP contribution in [0.2, 0.25) is 0 Å². The molecule has 27 heteroatoms. The average Bonchev–Trinajstić information content (AvgIpc) is 1.70. The number of nitrogens with one attached hydrogen (secondary N) is 3. The van der Waals surface area contributed by atoms with Crippen molar-refractivity contribution in [3.63, 3.8) is 0 Å². The van der Waals surface area contributed by atoms with Crippen LogP contribution >= 0.6 is 20.0 Å². The molecule has 2 heterocycles. The second kappa shape index (κ2) is 30.6. The summed E-state index contributed by atoms with van der Waals surface area (Å²) in [5, 5.41) is 47.3. The van der Waals surface area contributed by atoms with Crippen molar-refractivity contribution < 1.29 is 81.2 Å². The van der Waals surface area contributed by atoms with Crippen LogP contribution in [0.5, 0.6) is 11.5 Å². The summed E-state index contributed by atoms with van der Waals surface area (Å²) in [6.07, 6.45) is 4.12. The molecule has 1 aliphatic heterocycles. The largest absolute Gasteiger partial charge is 0.508 e. The average molecular weight is 1210 g/mol. The number of nitrogens with two attached hydrogens (primary N) is 1. The number of ether oxygens (including phenoxy) is 3. The van der Waals surface area contributed by atoms with Gasteiger partial charge in [0.2, 0.25) is 0 Å². The number of carbonyl (C=O) groups excluding carboxylic acids is 4. The summed E-state index contributed by atoms with van der Waals surface area (Å²) in [5.41, 5.74) is 8.65. The lowest BCUT2D eigenvalue weighted by atomic mass is 9.90. The van der Waals surface area contributed by atoms with E-state index in [0.717, 1.165) is 12.8 Å². The number of nitrogens with zero attached hydrogens (tertiary/aromatic N) is 3. The zero-order valence-corrected chi connectivity index (χ0v) is 47.6. The van der Waals surface area contributed by atoms with Crippen molar-refractivity contribution in [2.24, 2.45) is 5.73 Å². The SMILES string of the molecule is CCCCCC(=O)O[C@@H](COC(=O)CCCCCNC(=O)c1ccc(C(=O)c2ccc(OCc3cn(CCNC(=S)Nc4ccc(-c5c6ccc(=O)cc-6oc6cc(O)ccc56)c(C(=O)O)c4)nn3)cc2)cc1)COP(=O)(O)OC[C@H](N)C(=O)O. The Hall–Kier alpha value is -8.91. The number of carboxylic acid groups (broad SMARTS) is 2. The first-order valence-corrected chi connectivity index (χ1v) is 28.8. The van der Waals surface area contributed by atoms with Gasteiger partial charge in [-0.15, -0.1) is 5.10 Å². The number of esters is 2. The third-order valence-corrected chi connectivity index (χ3v) is 14.0. The van der Waals surface area contributed by atoms with Gasteiger partial charge in [-0.2, -0.15) is 0 Å².